The first-order valence-electron chi connectivity index (χ1n) is 3.74. The van der Waals surface area contributed by atoms with E-state index in [4.69, 9.17) is 0 Å². The number of hydrogen-bond acceptors (Lipinski definition) is 5. The molecule has 0 aliphatic carbocycles. The van der Waals surface area contributed by atoms with Gasteiger partial charge in [-0.1, -0.05) is 11.8 Å². The highest BCUT2D eigenvalue weighted by Crippen LogP contribution is 2.15. The second kappa shape index (κ2) is 4.81. The van der Waals surface area contributed by atoms with Crippen LogP contribution in [0.4, 0.5) is 5.82 Å². The normalized spacial score (nSPS) is 9.69. The molecule has 0 atom stereocenters. The Morgan fingerprint density at radius 2 is 2.46 bits per heavy atom. The number of nitrogens with one attached hydrogen (secondary N) is 1. The van der Waals surface area contributed by atoms with Gasteiger partial charge in [-0.05, 0) is 6.26 Å². The molecular formula is C8H10N3OS. The third-order valence-corrected chi connectivity index (χ3v) is 2.09. The zero-order valence-electron chi connectivity index (χ0n) is 7.50. The molecule has 0 aliphatic heterocycles. The molecule has 0 bridgehead atoms. The molecule has 0 aliphatic rings. The van der Waals surface area contributed by atoms with Crippen LogP contribution in [-0.4, -0.2) is 29.6 Å². The van der Waals surface area contributed by atoms with Gasteiger partial charge in [0, 0.05) is 25.2 Å². The quantitative estimate of drug-likeness (QED) is 0.572. The minimum Gasteiger partial charge on any atom is -0.373 e. The second-order valence-corrected chi connectivity index (χ2v) is 3.08. The first kappa shape index (κ1) is 9.98. The Morgan fingerprint density at radius 3 is 3.00 bits per heavy atom. The lowest BCUT2D eigenvalue weighted by Crippen LogP contribution is -2.01. The number of thioether (sulfide) groups is 1. The van der Waals surface area contributed by atoms with E-state index in [0.717, 1.165) is 5.56 Å². The molecular weight excluding hydrogens is 186 g/mol. The highest BCUT2D eigenvalue weighted by molar-refractivity contribution is 7.98. The maximum absolute atomic E-state index is 10.2. The summed E-state index contributed by atoms with van der Waals surface area (Å²) >= 11 is 1.46. The van der Waals surface area contributed by atoms with Gasteiger partial charge in [-0.3, -0.25) is 4.79 Å². The number of aromatic nitrogens is 2. The number of rotatable bonds is 4. The van der Waals surface area contributed by atoms with E-state index in [9.17, 15) is 4.79 Å². The van der Waals surface area contributed by atoms with Gasteiger partial charge in [0.1, 0.15) is 5.82 Å². The summed E-state index contributed by atoms with van der Waals surface area (Å²) in [5.74, 6) is 0.697. The van der Waals surface area contributed by atoms with Crippen LogP contribution in [0.25, 0.3) is 0 Å². The Hall–Kier alpha value is -1.10. The molecule has 13 heavy (non-hydrogen) atoms. The minimum absolute atomic E-state index is 0.227. The summed E-state index contributed by atoms with van der Waals surface area (Å²) in [7, 11) is 1.76. The average Bonchev–Trinajstić information content (AvgIpc) is 2.19. The molecule has 4 nitrogen and oxygen atoms in total. The van der Waals surface area contributed by atoms with E-state index < -0.39 is 0 Å². The van der Waals surface area contributed by atoms with E-state index in [2.05, 4.69) is 15.3 Å². The van der Waals surface area contributed by atoms with Crippen molar-refractivity contribution in [3.05, 3.63) is 11.8 Å². The molecule has 69 valence electrons. The van der Waals surface area contributed by atoms with Crippen LogP contribution in [0.15, 0.2) is 11.4 Å². The van der Waals surface area contributed by atoms with Crippen molar-refractivity contribution in [2.75, 3.05) is 18.6 Å². The van der Waals surface area contributed by atoms with Gasteiger partial charge in [0.05, 0.1) is 0 Å². The molecule has 0 aromatic carbocycles. The Labute approximate surface area is 81.2 Å². The smallest absolute Gasteiger partial charge is 0.203 e. The van der Waals surface area contributed by atoms with Crippen molar-refractivity contribution in [2.24, 2.45) is 0 Å². The molecule has 1 radical (unpaired) electrons. The average molecular weight is 196 g/mol. The van der Waals surface area contributed by atoms with Crippen molar-refractivity contribution < 1.29 is 4.79 Å². The van der Waals surface area contributed by atoms with Crippen molar-refractivity contribution >= 4 is 23.9 Å². The standard InChI is InChI=1S/C8H10N3OS/c1-9-7-6(3-4-12)5-10-8(11-7)13-2/h5H,3H2,1-2H3,(H,9,10,11). The lowest BCUT2D eigenvalue weighted by Gasteiger charge is -2.05. The number of anilines is 1. The summed E-state index contributed by atoms with van der Waals surface area (Å²) < 4.78 is 0. The van der Waals surface area contributed by atoms with Gasteiger partial charge >= 0.3 is 0 Å². The molecule has 1 heterocycles. The maximum atomic E-state index is 10.2. The van der Waals surface area contributed by atoms with Crippen molar-refractivity contribution in [1.29, 1.82) is 0 Å². The maximum Gasteiger partial charge on any atom is 0.203 e. The van der Waals surface area contributed by atoms with Gasteiger partial charge in [-0.15, -0.1) is 0 Å². The van der Waals surface area contributed by atoms with E-state index in [1.165, 1.54) is 11.8 Å². The van der Waals surface area contributed by atoms with Crippen LogP contribution in [0.5, 0.6) is 0 Å². The van der Waals surface area contributed by atoms with Gasteiger partial charge in [0.15, 0.2) is 5.16 Å². The first-order valence-corrected chi connectivity index (χ1v) is 4.97. The van der Waals surface area contributed by atoms with Gasteiger partial charge in [-0.2, -0.15) is 0 Å². The fourth-order valence-electron chi connectivity index (χ4n) is 0.913. The fourth-order valence-corrected chi connectivity index (χ4v) is 1.25. The van der Waals surface area contributed by atoms with Gasteiger partial charge in [0.25, 0.3) is 0 Å². The molecule has 0 unspecified atom stereocenters. The summed E-state index contributed by atoms with van der Waals surface area (Å²) in [6.45, 7) is 0. The minimum atomic E-state index is 0.227. The van der Waals surface area contributed by atoms with E-state index in [-0.39, 0.29) is 6.42 Å². The third-order valence-electron chi connectivity index (χ3n) is 1.52. The van der Waals surface area contributed by atoms with Crippen molar-refractivity contribution in [3.8, 4) is 0 Å². The summed E-state index contributed by atoms with van der Waals surface area (Å²) in [4.78, 5) is 18.4. The molecule has 1 N–H and O–H groups in total. The largest absolute Gasteiger partial charge is 0.373 e. The van der Waals surface area contributed by atoms with Crippen LogP contribution >= 0.6 is 11.8 Å². The monoisotopic (exact) mass is 196 g/mol. The lowest BCUT2D eigenvalue weighted by molar-refractivity contribution is 0.555. The molecule has 5 heteroatoms. The predicted octanol–water partition coefficient (Wildman–Crippen LogP) is 0.892. The van der Waals surface area contributed by atoms with Crippen molar-refractivity contribution in [1.82, 2.24) is 9.97 Å². The predicted molar refractivity (Wildman–Crippen MR) is 52.8 cm³/mol. The number of nitrogens with zero attached hydrogens (tertiary/aromatic N) is 2. The zero-order valence-corrected chi connectivity index (χ0v) is 8.31. The molecule has 1 rings (SSSR count). The second-order valence-electron chi connectivity index (χ2n) is 2.30. The van der Waals surface area contributed by atoms with Gasteiger partial charge < -0.3 is 5.32 Å². The van der Waals surface area contributed by atoms with Crippen LogP contribution in [0, 0.1) is 0 Å². The van der Waals surface area contributed by atoms with Crippen LogP contribution in [0.2, 0.25) is 0 Å². The van der Waals surface area contributed by atoms with Gasteiger partial charge in [-0.25, -0.2) is 9.97 Å². The number of carbonyl (C=O) groups excluding carboxylic acids is 1. The Balaban J connectivity index is 3.00. The Bertz CT molecular complexity index is 303. The third kappa shape index (κ3) is 2.42. The van der Waals surface area contributed by atoms with Crippen LogP contribution in [0.1, 0.15) is 5.56 Å². The lowest BCUT2D eigenvalue weighted by atomic mass is 10.2. The molecule has 0 spiro atoms. The number of hydrogen-bond donors (Lipinski definition) is 1. The Morgan fingerprint density at radius 1 is 1.69 bits per heavy atom. The SMILES string of the molecule is CNc1nc(SC)ncc1C[C]=O. The zero-order chi connectivity index (χ0) is 9.68. The highest BCUT2D eigenvalue weighted by atomic mass is 32.2. The molecule has 0 saturated heterocycles. The summed E-state index contributed by atoms with van der Waals surface area (Å²) in [5, 5.41) is 3.61. The first-order chi connectivity index (χ1) is 6.31. The summed E-state index contributed by atoms with van der Waals surface area (Å²) in [5.41, 5.74) is 0.773. The van der Waals surface area contributed by atoms with Crippen LogP contribution < -0.4 is 5.32 Å². The fraction of sp³-hybridized carbons (Fsp3) is 0.375. The summed E-state index contributed by atoms with van der Waals surface area (Å²) in [6.07, 6.45) is 5.60. The molecule has 0 saturated carbocycles. The van der Waals surface area contributed by atoms with Crippen LogP contribution in [-0.2, 0) is 11.2 Å². The van der Waals surface area contributed by atoms with Crippen molar-refractivity contribution in [2.45, 2.75) is 11.6 Å². The summed E-state index contributed by atoms with van der Waals surface area (Å²) in [6, 6.07) is 0. The van der Waals surface area contributed by atoms with E-state index >= 15 is 0 Å². The van der Waals surface area contributed by atoms with E-state index in [1.54, 1.807) is 13.2 Å². The van der Waals surface area contributed by atoms with E-state index in [0.29, 0.717) is 11.0 Å². The molecule has 0 fully saturated rings. The molecule has 1 aromatic heterocycles. The van der Waals surface area contributed by atoms with Crippen molar-refractivity contribution in [3.63, 3.8) is 0 Å². The topological polar surface area (TPSA) is 54.9 Å². The van der Waals surface area contributed by atoms with Gasteiger partial charge in [0.2, 0.25) is 6.29 Å². The highest BCUT2D eigenvalue weighted by Gasteiger charge is 2.04. The van der Waals surface area contributed by atoms with Crippen LogP contribution in [0.3, 0.4) is 0 Å². The Kier molecular flexibility index (Phi) is 3.70. The van der Waals surface area contributed by atoms with E-state index in [1.807, 2.05) is 12.5 Å². The molecule has 1 aromatic rings. The molecule has 0 amide bonds.